The third kappa shape index (κ3) is 1.43. The summed E-state index contributed by atoms with van der Waals surface area (Å²) in [5, 5.41) is 0. The lowest BCUT2D eigenvalue weighted by atomic mass is 9.55. The molecule has 8 atom stereocenters. The van der Waals surface area contributed by atoms with Gasteiger partial charge in [-0.2, -0.15) is 0 Å². The minimum absolute atomic E-state index is 0.0696. The van der Waals surface area contributed by atoms with Crippen LogP contribution in [-0.2, 0) is 19.7 Å². The highest BCUT2D eigenvalue weighted by Crippen LogP contribution is 2.66. The molecule has 5 heteroatoms. The van der Waals surface area contributed by atoms with Gasteiger partial charge in [-0.3, -0.25) is 4.79 Å². The number of quaternary nitrogens is 1. The Labute approximate surface area is 159 Å². The van der Waals surface area contributed by atoms with E-state index < -0.39 is 0 Å². The van der Waals surface area contributed by atoms with Crippen LogP contribution in [0, 0.1) is 11.8 Å². The van der Waals surface area contributed by atoms with E-state index in [0.29, 0.717) is 24.3 Å². The van der Waals surface area contributed by atoms with Gasteiger partial charge in [0.2, 0.25) is 11.6 Å². The Hall–Kier alpha value is -1.43. The molecular weight excluding hydrogens is 340 g/mol. The Morgan fingerprint density at radius 3 is 3.15 bits per heavy atom. The minimum atomic E-state index is -0.164. The van der Waals surface area contributed by atoms with Crippen LogP contribution in [-0.4, -0.2) is 49.6 Å². The number of ether oxygens (including phenoxy) is 2. The van der Waals surface area contributed by atoms with Crippen molar-refractivity contribution in [1.82, 2.24) is 0 Å². The van der Waals surface area contributed by atoms with Gasteiger partial charge in [0, 0.05) is 36.8 Å². The second-order valence-corrected chi connectivity index (χ2v) is 9.44. The van der Waals surface area contributed by atoms with E-state index in [0.717, 1.165) is 44.7 Å². The number of carbonyl (C=O) groups is 1. The van der Waals surface area contributed by atoms with Gasteiger partial charge in [-0.05, 0) is 18.6 Å². The molecule has 142 valence electrons. The van der Waals surface area contributed by atoms with Gasteiger partial charge in [0.25, 0.3) is 0 Å². The summed E-state index contributed by atoms with van der Waals surface area (Å²) in [6.45, 7) is 4.85. The number of amides is 1. The number of anilines is 1. The van der Waals surface area contributed by atoms with Crippen LogP contribution in [0.25, 0.3) is 0 Å². The summed E-state index contributed by atoms with van der Waals surface area (Å²) in [7, 11) is 0. The van der Waals surface area contributed by atoms with E-state index in [4.69, 9.17) is 9.47 Å². The van der Waals surface area contributed by atoms with Crippen LogP contribution < -0.4 is 9.80 Å². The predicted molar refractivity (Wildman–Crippen MR) is 98.6 cm³/mol. The molecular formula is C22H27N2O3+. The van der Waals surface area contributed by atoms with Gasteiger partial charge in [0.1, 0.15) is 5.41 Å². The van der Waals surface area contributed by atoms with Crippen LogP contribution >= 0.6 is 0 Å². The normalized spacial score (nSPS) is 50.7. The van der Waals surface area contributed by atoms with E-state index in [2.05, 4.69) is 36.1 Å². The highest BCUT2D eigenvalue weighted by atomic mass is 16.5. The first-order chi connectivity index (χ1) is 13.2. The lowest BCUT2D eigenvalue weighted by Crippen LogP contribution is -3.20. The monoisotopic (exact) mass is 367 g/mol. The highest BCUT2D eigenvalue weighted by Gasteiger charge is 2.84. The maximum absolute atomic E-state index is 13.3. The first-order valence-corrected chi connectivity index (χ1v) is 10.8. The largest absolute Gasteiger partial charge is 0.377 e. The second-order valence-electron chi connectivity index (χ2n) is 9.44. The van der Waals surface area contributed by atoms with Gasteiger partial charge >= 0.3 is 0 Å². The van der Waals surface area contributed by atoms with E-state index in [-0.39, 0.29) is 29.2 Å². The third-order valence-corrected chi connectivity index (χ3v) is 9.03. The molecule has 1 aromatic rings. The van der Waals surface area contributed by atoms with Crippen molar-refractivity contribution < 1.29 is 19.2 Å². The average Bonchev–Trinajstić information content (AvgIpc) is 3.20. The maximum Gasteiger partial charge on any atom is 0.229 e. The predicted octanol–water partition coefficient (Wildman–Crippen LogP) is 0.872. The highest BCUT2D eigenvalue weighted by molar-refractivity contribution is 5.99. The van der Waals surface area contributed by atoms with Gasteiger partial charge in [0.15, 0.2) is 0 Å². The van der Waals surface area contributed by atoms with Crippen LogP contribution in [0.3, 0.4) is 0 Å². The molecule has 27 heavy (non-hydrogen) atoms. The smallest absolute Gasteiger partial charge is 0.229 e. The fraction of sp³-hybridized carbons (Fsp3) is 0.682. The zero-order chi connectivity index (χ0) is 18.0. The first kappa shape index (κ1) is 15.5. The van der Waals surface area contributed by atoms with Gasteiger partial charge in [0.05, 0.1) is 44.4 Å². The topological polar surface area (TPSA) is 43.2 Å². The molecule has 2 unspecified atom stereocenters. The number of para-hydroxylation sites is 1. The Morgan fingerprint density at radius 1 is 1.37 bits per heavy atom. The van der Waals surface area contributed by atoms with Crippen molar-refractivity contribution in [3.63, 3.8) is 0 Å². The van der Waals surface area contributed by atoms with Crippen molar-refractivity contribution in [3.05, 3.63) is 29.8 Å². The number of nitrogens with one attached hydrogen (secondary N) is 1. The van der Waals surface area contributed by atoms with E-state index in [1.807, 2.05) is 0 Å². The number of piperidine rings is 1. The quantitative estimate of drug-likeness (QED) is 0.844. The van der Waals surface area contributed by atoms with E-state index in [1.54, 1.807) is 4.90 Å². The van der Waals surface area contributed by atoms with E-state index in [9.17, 15) is 4.79 Å². The van der Waals surface area contributed by atoms with Crippen LogP contribution in [0.1, 0.15) is 38.2 Å². The average molecular weight is 367 g/mol. The number of benzene rings is 1. The summed E-state index contributed by atoms with van der Waals surface area (Å²) in [5.74, 6) is 1.32. The van der Waals surface area contributed by atoms with Crippen LogP contribution in [0.2, 0.25) is 0 Å². The molecule has 7 rings (SSSR count). The van der Waals surface area contributed by atoms with Crippen LogP contribution in [0.4, 0.5) is 5.69 Å². The Bertz CT molecular complexity index is 858. The lowest BCUT2D eigenvalue weighted by Gasteiger charge is -2.54. The summed E-state index contributed by atoms with van der Waals surface area (Å²) in [5.41, 5.74) is 2.29. The molecule has 1 amide bonds. The molecule has 6 aliphatic rings. The zero-order valence-corrected chi connectivity index (χ0v) is 15.8. The fourth-order valence-corrected chi connectivity index (χ4v) is 8.63. The van der Waals surface area contributed by atoms with Gasteiger partial charge in [-0.1, -0.05) is 18.2 Å². The standard InChI is InChI=1S/C22H26N2O3/c1-2-27-22-12-13-15-7-10-26-17-11-18(25)24-16-6-4-3-5-14(16)21(22,8-9-23(15)22)20(24)19(13)17/h3-6,13,15,17,19-20H,2,7-12H2,1H3/p+1/t13-,15?,17-,19-,20+,21+,22-/m1/s1. The Kier molecular flexibility index (Phi) is 2.73. The van der Waals surface area contributed by atoms with E-state index in [1.165, 1.54) is 5.56 Å². The molecule has 5 fully saturated rings. The number of fused-ring (bicyclic) bond motifs is 2. The van der Waals surface area contributed by atoms with Crippen molar-refractivity contribution in [3.8, 4) is 0 Å². The summed E-state index contributed by atoms with van der Waals surface area (Å²) >= 11 is 0. The number of nitrogens with zero attached hydrogens (tertiary/aromatic N) is 1. The number of carbonyl (C=O) groups excluding carboxylic acids is 1. The molecule has 6 aliphatic heterocycles. The lowest BCUT2D eigenvalue weighted by molar-refractivity contribution is -0.977. The minimum Gasteiger partial charge on any atom is -0.377 e. The molecule has 0 saturated carbocycles. The maximum atomic E-state index is 13.3. The fourth-order valence-electron chi connectivity index (χ4n) is 8.63. The number of hydrogen-bond acceptors (Lipinski definition) is 3. The van der Waals surface area contributed by atoms with Crippen molar-refractivity contribution in [1.29, 1.82) is 0 Å². The second kappa shape index (κ2) is 4.76. The molecule has 5 saturated heterocycles. The molecule has 6 heterocycles. The first-order valence-electron chi connectivity index (χ1n) is 10.8. The van der Waals surface area contributed by atoms with Crippen molar-refractivity contribution in [2.45, 2.75) is 61.9 Å². The van der Waals surface area contributed by atoms with Gasteiger partial charge < -0.3 is 19.3 Å². The Morgan fingerprint density at radius 2 is 2.26 bits per heavy atom. The zero-order valence-electron chi connectivity index (χ0n) is 15.8. The number of rotatable bonds is 2. The number of hydrogen-bond donors (Lipinski definition) is 1. The molecule has 6 bridgehead atoms. The van der Waals surface area contributed by atoms with E-state index >= 15 is 0 Å². The van der Waals surface area contributed by atoms with Gasteiger partial charge in [-0.25, -0.2) is 0 Å². The van der Waals surface area contributed by atoms with Crippen molar-refractivity contribution in [2.75, 3.05) is 24.7 Å². The third-order valence-electron chi connectivity index (χ3n) is 9.03. The molecule has 1 spiro atoms. The van der Waals surface area contributed by atoms with Crippen molar-refractivity contribution >= 4 is 11.6 Å². The van der Waals surface area contributed by atoms with Crippen LogP contribution in [0.15, 0.2) is 24.3 Å². The Balaban J connectivity index is 1.57. The molecule has 0 aliphatic carbocycles. The van der Waals surface area contributed by atoms with Gasteiger partial charge in [-0.15, -0.1) is 0 Å². The van der Waals surface area contributed by atoms with Crippen LogP contribution in [0.5, 0.6) is 0 Å². The summed E-state index contributed by atoms with van der Waals surface area (Å²) in [4.78, 5) is 17.2. The molecule has 0 aromatic heterocycles. The van der Waals surface area contributed by atoms with Crippen molar-refractivity contribution in [2.24, 2.45) is 11.8 Å². The summed E-state index contributed by atoms with van der Waals surface area (Å²) in [6.07, 6.45) is 4.02. The SMILES string of the molecule is CCO[C@]12C[C@@H]3C4CCO[C@@H]5CC(=O)N6c7ccccc7[C@@]1(CC[NH+]42)[C@@H]6[C@H]35. The molecule has 0 radical (unpaired) electrons. The summed E-state index contributed by atoms with van der Waals surface area (Å²) in [6, 6.07) is 9.54. The molecule has 1 N–H and O–H groups in total. The summed E-state index contributed by atoms with van der Waals surface area (Å²) < 4.78 is 13.1. The molecule has 1 aromatic carbocycles. The molecule has 5 nitrogen and oxygen atoms in total.